The van der Waals surface area contributed by atoms with Gasteiger partial charge in [-0.1, -0.05) is 13.0 Å². The van der Waals surface area contributed by atoms with Crippen LogP contribution in [0, 0.1) is 12.8 Å². The van der Waals surface area contributed by atoms with Gasteiger partial charge in [-0.3, -0.25) is 9.59 Å². The van der Waals surface area contributed by atoms with E-state index in [-0.39, 0.29) is 43.0 Å². The Morgan fingerprint density at radius 1 is 1.21 bits per heavy atom. The zero-order valence-electron chi connectivity index (χ0n) is 17.3. The van der Waals surface area contributed by atoms with Crippen molar-refractivity contribution in [1.29, 1.82) is 0 Å². The van der Waals surface area contributed by atoms with E-state index in [1.54, 1.807) is 17.9 Å². The van der Waals surface area contributed by atoms with Crippen LogP contribution in [0.1, 0.15) is 48.4 Å². The highest BCUT2D eigenvalue weighted by Crippen LogP contribution is 2.42. The van der Waals surface area contributed by atoms with Crippen molar-refractivity contribution in [3.63, 3.8) is 0 Å². The Labute approximate surface area is 171 Å². The molecule has 7 heteroatoms. The molecule has 2 heterocycles. The van der Waals surface area contributed by atoms with E-state index in [0.29, 0.717) is 5.56 Å². The Bertz CT molecular complexity index is 915. The number of benzene rings is 1. The van der Waals surface area contributed by atoms with E-state index in [9.17, 15) is 9.59 Å². The van der Waals surface area contributed by atoms with Crippen LogP contribution in [0.25, 0.3) is 0 Å². The van der Waals surface area contributed by atoms with E-state index < -0.39 is 0 Å². The first-order valence-electron chi connectivity index (χ1n) is 9.86. The van der Waals surface area contributed by atoms with Crippen molar-refractivity contribution in [3.8, 4) is 0 Å². The normalized spacial score (nSPS) is 20.7. The molecule has 0 spiro atoms. The standard InChI is InChI=1S/C22H28N4O3/c1-13-6-5-7-20(24-13)25-21-14(2)15(3)26(16(4)28)19-9-8-17(12-18(19)21)22(29)23-10-11-27/h5-9,12,14-15,21,27H,10-11H2,1-4H3,(H,23,29)(H,24,25)/t14-,15-,21?/m0/s1. The molecule has 2 amide bonds. The molecule has 1 aliphatic heterocycles. The Hall–Kier alpha value is -2.93. The lowest BCUT2D eigenvalue weighted by Gasteiger charge is -2.44. The van der Waals surface area contributed by atoms with Crippen molar-refractivity contribution in [2.24, 2.45) is 5.92 Å². The zero-order valence-corrected chi connectivity index (χ0v) is 17.3. The van der Waals surface area contributed by atoms with Gasteiger partial charge in [0.15, 0.2) is 0 Å². The molecule has 1 aliphatic rings. The largest absolute Gasteiger partial charge is 0.395 e. The second-order valence-electron chi connectivity index (χ2n) is 7.53. The number of aliphatic hydroxyl groups excluding tert-OH is 1. The quantitative estimate of drug-likeness (QED) is 0.722. The number of aliphatic hydroxyl groups is 1. The molecule has 0 saturated heterocycles. The molecule has 7 nitrogen and oxygen atoms in total. The van der Waals surface area contributed by atoms with Gasteiger partial charge in [0.05, 0.1) is 12.6 Å². The van der Waals surface area contributed by atoms with Gasteiger partial charge >= 0.3 is 0 Å². The minimum atomic E-state index is -0.255. The maximum atomic E-state index is 12.4. The fourth-order valence-corrected chi connectivity index (χ4v) is 3.90. The molecule has 3 atom stereocenters. The van der Waals surface area contributed by atoms with Gasteiger partial charge in [0, 0.05) is 42.4 Å². The van der Waals surface area contributed by atoms with Crippen molar-refractivity contribution in [1.82, 2.24) is 10.3 Å². The van der Waals surface area contributed by atoms with Crippen molar-refractivity contribution in [3.05, 3.63) is 53.2 Å². The minimum Gasteiger partial charge on any atom is -0.395 e. The average molecular weight is 396 g/mol. The van der Waals surface area contributed by atoms with Crippen LogP contribution >= 0.6 is 0 Å². The molecule has 0 fully saturated rings. The first kappa shape index (κ1) is 20.8. The number of hydrogen-bond donors (Lipinski definition) is 3. The molecule has 2 aromatic rings. The summed E-state index contributed by atoms with van der Waals surface area (Å²) < 4.78 is 0. The Kier molecular flexibility index (Phi) is 6.17. The predicted molar refractivity (Wildman–Crippen MR) is 113 cm³/mol. The van der Waals surface area contributed by atoms with Crippen LogP contribution in [0.2, 0.25) is 0 Å². The van der Waals surface area contributed by atoms with Crippen LogP contribution in [-0.2, 0) is 4.79 Å². The summed E-state index contributed by atoms with van der Waals surface area (Å²) >= 11 is 0. The monoisotopic (exact) mass is 396 g/mol. The summed E-state index contributed by atoms with van der Waals surface area (Å²) in [5, 5.41) is 15.2. The van der Waals surface area contributed by atoms with Crippen LogP contribution in [-0.4, -0.2) is 41.1 Å². The summed E-state index contributed by atoms with van der Waals surface area (Å²) in [6.45, 7) is 7.70. The molecular weight excluding hydrogens is 368 g/mol. The van der Waals surface area contributed by atoms with Crippen molar-refractivity contribution in [2.75, 3.05) is 23.4 Å². The van der Waals surface area contributed by atoms with E-state index in [4.69, 9.17) is 5.11 Å². The lowest BCUT2D eigenvalue weighted by atomic mass is 9.82. The molecule has 29 heavy (non-hydrogen) atoms. The van der Waals surface area contributed by atoms with Crippen molar-refractivity contribution in [2.45, 2.75) is 39.8 Å². The minimum absolute atomic E-state index is 0.0172. The van der Waals surface area contributed by atoms with Crippen LogP contribution in [0.5, 0.6) is 0 Å². The van der Waals surface area contributed by atoms with Crippen LogP contribution in [0.3, 0.4) is 0 Å². The maximum Gasteiger partial charge on any atom is 0.251 e. The molecule has 0 aliphatic carbocycles. The number of aryl methyl sites for hydroxylation is 1. The highest BCUT2D eigenvalue weighted by molar-refractivity contribution is 5.98. The Balaban J connectivity index is 2.05. The number of nitrogens with one attached hydrogen (secondary N) is 2. The van der Waals surface area contributed by atoms with Gasteiger partial charge in [0.1, 0.15) is 5.82 Å². The summed E-state index contributed by atoms with van der Waals surface area (Å²) in [6, 6.07) is 11.0. The van der Waals surface area contributed by atoms with Crippen molar-refractivity contribution < 1.29 is 14.7 Å². The van der Waals surface area contributed by atoms with Crippen LogP contribution < -0.4 is 15.5 Å². The van der Waals surface area contributed by atoms with Crippen LogP contribution in [0.15, 0.2) is 36.4 Å². The third-order valence-electron chi connectivity index (χ3n) is 5.51. The number of anilines is 2. The third-order valence-corrected chi connectivity index (χ3v) is 5.51. The summed E-state index contributed by atoms with van der Waals surface area (Å²) in [6.07, 6.45) is 0. The van der Waals surface area contributed by atoms with Crippen molar-refractivity contribution >= 4 is 23.3 Å². The summed E-state index contributed by atoms with van der Waals surface area (Å²) in [5.41, 5.74) is 3.08. The van der Waals surface area contributed by atoms with Gasteiger partial charge in [-0.2, -0.15) is 0 Å². The fourth-order valence-electron chi connectivity index (χ4n) is 3.90. The first-order chi connectivity index (χ1) is 13.8. The van der Waals surface area contributed by atoms with Gasteiger partial charge in [-0.25, -0.2) is 4.98 Å². The van der Waals surface area contributed by atoms with Gasteiger partial charge in [-0.15, -0.1) is 0 Å². The average Bonchev–Trinajstić information content (AvgIpc) is 2.69. The molecule has 1 aromatic carbocycles. The third kappa shape index (κ3) is 4.24. The lowest BCUT2D eigenvalue weighted by molar-refractivity contribution is -0.117. The van der Waals surface area contributed by atoms with E-state index in [2.05, 4.69) is 22.5 Å². The van der Waals surface area contributed by atoms with Gasteiger partial charge < -0.3 is 20.6 Å². The number of fused-ring (bicyclic) bond motifs is 1. The maximum absolute atomic E-state index is 12.4. The predicted octanol–water partition coefficient (Wildman–Crippen LogP) is 2.66. The zero-order chi connectivity index (χ0) is 21.1. The molecule has 0 radical (unpaired) electrons. The number of pyridine rings is 1. The van der Waals surface area contributed by atoms with Gasteiger partial charge in [-0.05, 0) is 49.7 Å². The summed E-state index contributed by atoms with van der Waals surface area (Å²) in [4.78, 5) is 31.1. The number of carbonyl (C=O) groups is 2. The van der Waals surface area contributed by atoms with Gasteiger partial charge in [0.2, 0.25) is 5.91 Å². The Morgan fingerprint density at radius 3 is 2.62 bits per heavy atom. The highest BCUT2D eigenvalue weighted by Gasteiger charge is 2.38. The number of hydrogen-bond acceptors (Lipinski definition) is 5. The van der Waals surface area contributed by atoms with Crippen LogP contribution in [0.4, 0.5) is 11.5 Å². The lowest BCUT2D eigenvalue weighted by Crippen LogP contribution is -2.48. The second kappa shape index (κ2) is 8.61. The number of carbonyl (C=O) groups excluding carboxylic acids is 2. The molecule has 1 unspecified atom stereocenters. The van der Waals surface area contributed by atoms with Gasteiger partial charge in [0.25, 0.3) is 5.91 Å². The smallest absolute Gasteiger partial charge is 0.251 e. The molecule has 1 aromatic heterocycles. The van der Waals surface area contributed by atoms with E-state index in [1.807, 2.05) is 44.2 Å². The number of nitrogens with zero attached hydrogens (tertiary/aromatic N) is 2. The highest BCUT2D eigenvalue weighted by atomic mass is 16.3. The number of rotatable bonds is 5. The molecule has 154 valence electrons. The topological polar surface area (TPSA) is 94.6 Å². The first-order valence-corrected chi connectivity index (χ1v) is 9.86. The molecule has 0 bridgehead atoms. The number of aromatic nitrogens is 1. The molecule has 3 N–H and O–H groups in total. The Morgan fingerprint density at radius 2 is 1.97 bits per heavy atom. The summed E-state index contributed by atoms with van der Waals surface area (Å²) in [5.74, 6) is 0.556. The SMILES string of the molecule is CC(=O)N1c2ccc(C(=O)NCCO)cc2C(Nc2cccc(C)n2)[C@@H](C)[C@@H]1C. The van der Waals surface area contributed by atoms with E-state index in [0.717, 1.165) is 22.8 Å². The molecule has 3 rings (SSSR count). The fraction of sp³-hybridized carbons (Fsp3) is 0.409. The number of amides is 2. The van der Waals surface area contributed by atoms with E-state index in [1.165, 1.54) is 0 Å². The summed E-state index contributed by atoms with van der Waals surface area (Å²) in [7, 11) is 0. The van der Waals surface area contributed by atoms with E-state index >= 15 is 0 Å². The molecule has 0 saturated carbocycles. The molecular formula is C22H28N4O3. The second-order valence-corrected chi connectivity index (χ2v) is 7.53.